The van der Waals surface area contributed by atoms with Crippen LogP contribution in [0.15, 0.2) is 18.3 Å². The summed E-state index contributed by atoms with van der Waals surface area (Å²) in [5, 5.41) is 3.11. The first-order chi connectivity index (χ1) is 6.79. The number of nitrogens with zero attached hydrogens (tertiary/aromatic N) is 1. The van der Waals surface area contributed by atoms with Gasteiger partial charge >= 0.3 is 0 Å². The first-order valence-electron chi connectivity index (χ1n) is 4.62. The molecule has 1 aromatic heterocycles. The second-order valence-electron chi connectivity index (χ2n) is 2.94. The quantitative estimate of drug-likeness (QED) is 0.778. The summed E-state index contributed by atoms with van der Waals surface area (Å²) in [5.41, 5.74) is 0.413. The highest BCUT2D eigenvalue weighted by atomic mass is 19.1. The van der Waals surface area contributed by atoms with Gasteiger partial charge in [0.2, 0.25) is 0 Å². The molecule has 3 nitrogen and oxygen atoms in total. The topological polar surface area (TPSA) is 34.1 Å². The minimum atomic E-state index is -0.296. The van der Waals surface area contributed by atoms with Crippen LogP contribution in [0.25, 0.3) is 0 Å². The van der Waals surface area contributed by atoms with E-state index >= 15 is 0 Å². The standard InChI is InChI=1S/C10H15FN2O/c1-3-12-9(7-14-2)10-8(11)5-4-6-13-10/h4-6,9,12H,3,7H2,1-2H3. The van der Waals surface area contributed by atoms with Crippen molar-refractivity contribution in [2.75, 3.05) is 20.3 Å². The van der Waals surface area contributed by atoms with Gasteiger partial charge in [-0.2, -0.15) is 0 Å². The third-order valence-corrected chi connectivity index (χ3v) is 1.90. The first kappa shape index (κ1) is 11.1. The largest absolute Gasteiger partial charge is 0.383 e. The number of hydrogen-bond acceptors (Lipinski definition) is 3. The zero-order chi connectivity index (χ0) is 10.4. The van der Waals surface area contributed by atoms with Crippen molar-refractivity contribution in [3.8, 4) is 0 Å². The molecule has 0 saturated carbocycles. The SMILES string of the molecule is CCNC(COC)c1ncccc1F. The maximum Gasteiger partial charge on any atom is 0.146 e. The fourth-order valence-electron chi connectivity index (χ4n) is 1.30. The molecule has 1 N–H and O–H groups in total. The first-order valence-corrected chi connectivity index (χ1v) is 4.62. The Bertz CT molecular complexity index is 275. The maximum absolute atomic E-state index is 13.3. The molecule has 0 radical (unpaired) electrons. The van der Waals surface area contributed by atoms with Crippen molar-refractivity contribution in [2.24, 2.45) is 0 Å². The number of aromatic nitrogens is 1. The fraction of sp³-hybridized carbons (Fsp3) is 0.500. The van der Waals surface area contributed by atoms with Crippen molar-refractivity contribution in [2.45, 2.75) is 13.0 Å². The van der Waals surface area contributed by atoms with Crippen LogP contribution < -0.4 is 5.32 Å². The molecule has 0 bridgehead atoms. The molecule has 0 aliphatic rings. The number of methoxy groups -OCH3 is 1. The predicted octanol–water partition coefficient (Wildman–Crippen LogP) is 1.52. The zero-order valence-electron chi connectivity index (χ0n) is 8.46. The Morgan fingerprint density at radius 3 is 3.00 bits per heavy atom. The Morgan fingerprint density at radius 2 is 2.43 bits per heavy atom. The van der Waals surface area contributed by atoms with E-state index in [0.717, 1.165) is 6.54 Å². The summed E-state index contributed by atoms with van der Waals surface area (Å²) in [4.78, 5) is 4.00. The Labute approximate surface area is 83.3 Å². The van der Waals surface area contributed by atoms with Crippen LogP contribution in [0.2, 0.25) is 0 Å². The van der Waals surface area contributed by atoms with E-state index in [1.807, 2.05) is 6.92 Å². The van der Waals surface area contributed by atoms with Crippen LogP contribution in [-0.4, -0.2) is 25.2 Å². The van der Waals surface area contributed by atoms with Crippen molar-refractivity contribution in [1.29, 1.82) is 0 Å². The van der Waals surface area contributed by atoms with E-state index in [1.54, 1.807) is 19.4 Å². The summed E-state index contributed by atoms with van der Waals surface area (Å²) >= 11 is 0. The van der Waals surface area contributed by atoms with Gasteiger partial charge in [0.05, 0.1) is 18.3 Å². The van der Waals surface area contributed by atoms with E-state index in [0.29, 0.717) is 12.3 Å². The minimum absolute atomic E-state index is 0.175. The van der Waals surface area contributed by atoms with Gasteiger partial charge in [-0.1, -0.05) is 6.92 Å². The molecule has 14 heavy (non-hydrogen) atoms. The molecule has 1 unspecified atom stereocenters. The predicted molar refractivity (Wildman–Crippen MR) is 52.5 cm³/mol. The molecule has 78 valence electrons. The minimum Gasteiger partial charge on any atom is -0.383 e. The molecule has 0 aliphatic heterocycles. The van der Waals surface area contributed by atoms with Crippen LogP contribution >= 0.6 is 0 Å². The zero-order valence-corrected chi connectivity index (χ0v) is 8.46. The van der Waals surface area contributed by atoms with Gasteiger partial charge < -0.3 is 10.1 Å². The smallest absolute Gasteiger partial charge is 0.146 e. The van der Waals surface area contributed by atoms with E-state index in [4.69, 9.17) is 4.74 Å². The molecule has 0 fully saturated rings. The van der Waals surface area contributed by atoms with Gasteiger partial charge in [-0.05, 0) is 18.7 Å². The number of halogens is 1. The summed E-state index contributed by atoms with van der Waals surface area (Å²) in [5.74, 6) is -0.296. The Kier molecular flexibility index (Phi) is 4.49. The molecule has 0 aliphatic carbocycles. The fourth-order valence-corrected chi connectivity index (χ4v) is 1.30. The highest BCUT2D eigenvalue weighted by Gasteiger charge is 2.15. The van der Waals surface area contributed by atoms with Gasteiger partial charge in [0.1, 0.15) is 5.82 Å². The van der Waals surface area contributed by atoms with Gasteiger partial charge in [-0.25, -0.2) is 4.39 Å². The number of ether oxygens (including phenoxy) is 1. The molecule has 0 amide bonds. The van der Waals surface area contributed by atoms with Gasteiger partial charge in [0.15, 0.2) is 0 Å². The maximum atomic E-state index is 13.3. The van der Waals surface area contributed by atoms with Crippen molar-refractivity contribution >= 4 is 0 Å². The highest BCUT2D eigenvalue weighted by molar-refractivity contribution is 5.11. The molecular formula is C10H15FN2O. The Hall–Kier alpha value is -1.00. The van der Waals surface area contributed by atoms with Crippen LogP contribution in [-0.2, 0) is 4.74 Å². The number of rotatable bonds is 5. The van der Waals surface area contributed by atoms with E-state index in [1.165, 1.54) is 6.07 Å². The van der Waals surface area contributed by atoms with E-state index < -0.39 is 0 Å². The average molecular weight is 198 g/mol. The van der Waals surface area contributed by atoms with Crippen molar-refractivity contribution in [3.63, 3.8) is 0 Å². The van der Waals surface area contributed by atoms with Gasteiger partial charge in [-0.15, -0.1) is 0 Å². The lowest BCUT2D eigenvalue weighted by Gasteiger charge is -2.16. The third kappa shape index (κ3) is 2.75. The third-order valence-electron chi connectivity index (χ3n) is 1.90. The van der Waals surface area contributed by atoms with Crippen LogP contribution in [0.5, 0.6) is 0 Å². The molecule has 1 aromatic rings. The van der Waals surface area contributed by atoms with Gasteiger partial charge in [0.25, 0.3) is 0 Å². The lowest BCUT2D eigenvalue weighted by Crippen LogP contribution is -2.26. The number of nitrogens with one attached hydrogen (secondary N) is 1. The monoisotopic (exact) mass is 198 g/mol. The Balaban J connectivity index is 2.81. The lowest BCUT2D eigenvalue weighted by atomic mass is 10.2. The highest BCUT2D eigenvalue weighted by Crippen LogP contribution is 2.13. The van der Waals surface area contributed by atoms with Crippen molar-refractivity contribution in [1.82, 2.24) is 10.3 Å². The molecule has 1 rings (SSSR count). The normalized spacial score (nSPS) is 12.8. The summed E-state index contributed by atoms with van der Waals surface area (Å²) in [6.07, 6.45) is 1.58. The van der Waals surface area contributed by atoms with Gasteiger partial charge in [-0.3, -0.25) is 4.98 Å². The average Bonchev–Trinajstić information content (AvgIpc) is 2.18. The number of likely N-dealkylation sites (N-methyl/N-ethyl adjacent to an activating group) is 1. The summed E-state index contributed by atoms with van der Waals surface area (Å²) in [6.45, 7) is 3.13. The van der Waals surface area contributed by atoms with E-state index in [-0.39, 0.29) is 11.9 Å². The number of pyridine rings is 1. The summed E-state index contributed by atoms with van der Waals surface area (Å²) in [6, 6.07) is 2.81. The molecular weight excluding hydrogens is 183 g/mol. The van der Waals surface area contributed by atoms with E-state index in [2.05, 4.69) is 10.3 Å². The summed E-state index contributed by atoms with van der Waals surface area (Å²) < 4.78 is 18.3. The molecule has 4 heteroatoms. The van der Waals surface area contributed by atoms with Crippen molar-refractivity contribution in [3.05, 3.63) is 29.8 Å². The number of hydrogen-bond donors (Lipinski definition) is 1. The molecule has 1 atom stereocenters. The molecule has 0 saturated heterocycles. The van der Waals surface area contributed by atoms with Crippen LogP contribution in [0.1, 0.15) is 18.7 Å². The van der Waals surface area contributed by atoms with Crippen LogP contribution in [0.3, 0.4) is 0 Å². The second-order valence-corrected chi connectivity index (χ2v) is 2.94. The molecule has 0 spiro atoms. The summed E-state index contributed by atoms with van der Waals surface area (Å²) in [7, 11) is 1.59. The van der Waals surface area contributed by atoms with Gasteiger partial charge in [0, 0.05) is 13.3 Å². The Morgan fingerprint density at radius 1 is 1.64 bits per heavy atom. The second kappa shape index (κ2) is 5.67. The van der Waals surface area contributed by atoms with Crippen LogP contribution in [0.4, 0.5) is 4.39 Å². The van der Waals surface area contributed by atoms with Crippen molar-refractivity contribution < 1.29 is 9.13 Å². The lowest BCUT2D eigenvalue weighted by molar-refractivity contribution is 0.164. The molecule has 0 aromatic carbocycles. The van der Waals surface area contributed by atoms with E-state index in [9.17, 15) is 4.39 Å². The van der Waals surface area contributed by atoms with Crippen LogP contribution in [0, 0.1) is 5.82 Å². The molecule has 1 heterocycles.